The molecule has 18 heavy (non-hydrogen) atoms. The molecule has 1 aliphatic rings. The lowest BCUT2D eigenvalue weighted by atomic mass is 10.0. The molecule has 0 radical (unpaired) electrons. The van der Waals surface area contributed by atoms with Crippen molar-refractivity contribution < 1.29 is 4.74 Å². The van der Waals surface area contributed by atoms with Crippen LogP contribution in [0.15, 0.2) is 24.3 Å². The Bertz CT molecular complexity index is 371. The van der Waals surface area contributed by atoms with E-state index in [1.165, 1.54) is 43.4 Å². The summed E-state index contributed by atoms with van der Waals surface area (Å²) < 4.78 is 5.24. The van der Waals surface area contributed by atoms with Crippen LogP contribution in [0.2, 0.25) is 0 Å². The molecule has 1 N–H and O–H groups in total. The highest BCUT2D eigenvalue weighted by Gasteiger charge is 2.40. The van der Waals surface area contributed by atoms with Crippen LogP contribution in [0.1, 0.15) is 43.7 Å². The molecule has 0 bridgehead atoms. The van der Waals surface area contributed by atoms with Gasteiger partial charge < -0.3 is 10.1 Å². The Morgan fingerprint density at radius 2 is 1.94 bits per heavy atom. The van der Waals surface area contributed by atoms with Gasteiger partial charge in [-0.2, -0.15) is 0 Å². The van der Waals surface area contributed by atoms with E-state index < -0.39 is 0 Å². The summed E-state index contributed by atoms with van der Waals surface area (Å²) in [6.07, 6.45) is 5.50. The fraction of sp³-hybridized carbons (Fsp3) is 0.625. The van der Waals surface area contributed by atoms with Gasteiger partial charge in [-0.1, -0.05) is 37.6 Å². The maximum Gasteiger partial charge on any atom is 0.0716 e. The molecule has 0 saturated heterocycles. The van der Waals surface area contributed by atoms with E-state index >= 15 is 0 Å². The van der Waals surface area contributed by atoms with E-state index in [1.54, 1.807) is 7.11 Å². The van der Waals surface area contributed by atoms with Crippen molar-refractivity contribution in [3.63, 3.8) is 0 Å². The van der Waals surface area contributed by atoms with Crippen LogP contribution in [0.25, 0.3) is 0 Å². The standard InChI is InChI=1S/C16H25NO/c1-3-8-16(9-10-16)13-17-11-14-6-4-5-7-15(14)12-18-2/h4-7,17H,3,8-13H2,1-2H3. The van der Waals surface area contributed by atoms with Crippen molar-refractivity contribution >= 4 is 0 Å². The van der Waals surface area contributed by atoms with Gasteiger partial charge in [0.1, 0.15) is 0 Å². The number of nitrogens with one attached hydrogen (secondary N) is 1. The third-order valence-corrected chi connectivity index (χ3v) is 3.97. The Balaban J connectivity index is 1.83. The van der Waals surface area contributed by atoms with E-state index in [9.17, 15) is 0 Å². The summed E-state index contributed by atoms with van der Waals surface area (Å²) >= 11 is 0. The molecule has 1 aromatic rings. The van der Waals surface area contributed by atoms with E-state index in [0.717, 1.165) is 6.54 Å². The summed E-state index contributed by atoms with van der Waals surface area (Å²) in [5.41, 5.74) is 3.30. The highest BCUT2D eigenvalue weighted by molar-refractivity contribution is 5.26. The first kappa shape index (κ1) is 13.6. The highest BCUT2D eigenvalue weighted by atomic mass is 16.5. The smallest absolute Gasteiger partial charge is 0.0716 e. The number of hydrogen-bond donors (Lipinski definition) is 1. The van der Waals surface area contributed by atoms with Crippen LogP contribution >= 0.6 is 0 Å². The Hall–Kier alpha value is -0.860. The molecule has 0 spiro atoms. The van der Waals surface area contributed by atoms with Crippen LogP contribution in [0, 0.1) is 5.41 Å². The zero-order valence-corrected chi connectivity index (χ0v) is 11.7. The molecule has 1 fully saturated rings. The molecule has 2 heteroatoms. The Morgan fingerprint density at radius 1 is 1.22 bits per heavy atom. The maximum atomic E-state index is 5.24. The van der Waals surface area contributed by atoms with Gasteiger partial charge in [0.2, 0.25) is 0 Å². The lowest BCUT2D eigenvalue weighted by Crippen LogP contribution is -2.24. The molecule has 1 aliphatic carbocycles. The van der Waals surface area contributed by atoms with E-state index in [-0.39, 0.29) is 0 Å². The largest absolute Gasteiger partial charge is 0.380 e. The van der Waals surface area contributed by atoms with Crippen LogP contribution in [0.3, 0.4) is 0 Å². The van der Waals surface area contributed by atoms with Gasteiger partial charge in [0.25, 0.3) is 0 Å². The number of methoxy groups -OCH3 is 1. The second kappa shape index (κ2) is 6.35. The van der Waals surface area contributed by atoms with Gasteiger partial charge >= 0.3 is 0 Å². The minimum absolute atomic E-state index is 0.630. The van der Waals surface area contributed by atoms with Gasteiger partial charge in [0.15, 0.2) is 0 Å². The highest BCUT2D eigenvalue weighted by Crippen LogP contribution is 2.48. The number of benzene rings is 1. The normalized spacial score (nSPS) is 16.8. The quantitative estimate of drug-likeness (QED) is 0.759. The predicted molar refractivity (Wildman–Crippen MR) is 75.4 cm³/mol. The van der Waals surface area contributed by atoms with Gasteiger partial charge in [-0.3, -0.25) is 0 Å². The van der Waals surface area contributed by atoms with Crippen molar-refractivity contribution in [3.05, 3.63) is 35.4 Å². The van der Waals surface area contributed by atoms with Crippen molar-refractivity contribution in [2.75, 3.05) is 13.7 Å². The zero-order chi connectivity index (χ0) is 12.8. The predicted octanol–water partition coefficient (Wildman–Crippen LogP) is 3.50. The van der Waals surface area contributed by atoms with Crippen molar-refractivity contribution in [3.8, 4) is 0 Å². The van der Waals surface area contributed by atoms with Gasteiger partial charge in [0.05, 0.1) is 6.61 Å². The van der Waals surface area contributed by atoms with Crippen molar-refractivity contribution in [2.24, 2.45) is 5.41 Å². The van der Waals surface area contributed by atoms with Crippen LogP contribution < -0.4 is 5.32 Å². The lowest BCUT2D eigenvalue weighted by molar-refractivity contribution is 0.184. The van der Waals surface area contributed by atoms with Gasteiger partial charge in [-0.05, 0) is 35.8 Å². The zero-order valence-electron chi connectivity index (χ0n) is 11.7. The number of rotatable bonds is 8. The van der Waals surface area contributed by atoms with E-state index in [2.05, 4.69) is 36.5 Å². The van der Waals surface area contributed by atoms with E-state index in [1.807, 2.05) is 0 Å². The molecule has 0 unspecified atom stereocenters. The minimum Gasteiger partial charge on any atom is -0.380 e. The Kier molecular flexibility index (Phi) is 4.79. The number of hydrogen-bond acceptors (Lipinski definition) is 2. The third kappa shape index (κ3) is 3.56. The van der Waals surface area contributed by atoms with Crippen LogP contribution in [-0.2, 0) is 17.9 Å². The van der Waals surface area contributed by atoms with Crippen LogP contribution in [-0.4, -0.2) is 13.7 Å². The van der Waals surface area contributed by atoms with Gasteiger partial charge in [-0.15, -0.1) is 0 Å². The fourth-order valence-electron chi connectivity index (χ4n) is 2.71. The van der Waals surface area contributed by atoms with Crippen LogP contribution in [0.4, 0.5) is 0 Å². The molecule has 1 aromatic carbocycles. The van der Waals surface area contributed by atoms with Crippen LogP contribution in [0.5, 0.6) is 0 Å². The molecular weight excluding hydrogens is 222 g/mol. The molecule has 0 amide bonds. The molecule has 2 rings (SSSR count). The Morgan fingerprint density at radius 3 is 2.56 bits per heavy atom. The average Bonchev–Trinajstić information content (AvgIpc) is 3.12. The summed E-state index contributed by atoms with van der Waals surface area (Å²) in [6.45, 7) is 5.12. The molecule has 0 atom stereocenters. The fourth-order valence-corrected chi connectivity index (χ4v) is 2.71. The molecule has 1 saturated carbocycles. The van der Waals surface area contributed by atoms with E-state index in [4.69, 9.17) is 4.74 Å². The third-order valence-electron chi connectivity index (χ3n) is 3.97. The van der Waals surface area contributed by atoms with Gasteiger partial charge in [0, 0.05) is 20.2 Å². The molecule has 0 aliphatic heterocycles. The Labute approximate surface area is 111 Å². The van der Waals surface area contributed by atoms with Crippen molar-refractivity contribution in [1.29, 1.82) is 0 Å². The SMILES string of the molecule is CCCC1(CNCc2ccccc2COC)CC1. The second-order valence-electron chi connectivity index (χ2n) is 5.56. The topological polar surface area (TPSA) is 21.3 Å². The average molecular weight is 247 g/mol. The first-order chi connectivity index (χ1) is 8.79. The summed E-state index contributed by atoms with van der Waals surface area (Å²) in [7, 11) is 1.75. The molecule has 2 nitrogen and oxygen atoms in total. The minimum atomic E-state index is 0.630. The van der Waals surface area contributed by atoms with Gasteiger partial charge in [-0.25, -0.2) is 0 Å². The molecule has 0 aromatic heterocycles. The van der Waals surface area contributed by atoms with E-state index in [0.29, 0.717) is 12.0 Å². The molecule has 100 valence electrons. The summed E-state index contributed by atoms with van der Waals surface area (Å²) in [6, 6.07) is 8.53. The van der Waals surface area contributed by atoms with Crippen molar-refractivity contribution in [2.45, 2.75) is 45.8 Å². The summed E-state index contributed by atoms with van der Waals surface area (Å²) in [5.74, 6) is 0. The molecule has 0 heterocycles. The first-order valence-corrected chi connectivity index (χ1v) is 7.06. The lowest BCUT2D eigenvalue weighted by Gasteiger charge is -2.16. The summed E-state index contributed by atoms with van der Waals surface area (Å²) in [4.78, 5) is 0. The van der Waals surface area contributed by atoms with Crippen molar-refractivity contribution in [1.82, 2.24) is 5.32 Å². The monoisotopic (exact) mass is 247 g/mol. The summed E-state index contributed by atoms with van der Waals surface area (Å²) in [5, 5.41) is 3.63. The number of ether oxygens (including phenoxy) is 1. The second-order valence-corrected chi connectivity index (χ2v) is 5.56. The first-order valence-electron chi connectivity index (χ1n) is 7.06. The molecular formula is C16H25NO. The maximum absolute atomic E-state index is 5.24.